The summed E-state index contributed by atoms with van der Waals surface area (Å²) in [7, 11) is 0. The van der Waals surface area contributed by atoms with Crippen molar-refractivity contribution < 1.29 is 4.79 Å². The standard InChI is InChI=1S/C17H18N4O/c1-3-15(13-7-5-4-6-8-13)20-17(22)14-10-19-21-11-12(2)9-18-16(14)21/h4-11,15H,3H2,1-2H3,(H,20,22). The third kappa shape index (κ3) is 2.70. The summed E-state index contributed by atoms with van der Waals surface area (Å²) in [6.07, 6.45) is 5.98. The number of carbonyl (C=O) groups is 1. The van der Waals surface area contributed by atoms with Crippen molar-refractivity contribution in [2.45, 2.75) is 26.3 Å². The van der Waals surface area contributed by atoms with E-state index in [2.05, 4.69) is 22.3 Å². The molecule has 1 aromatic carbocycles. The molecule has 0 radical (unpaired) electrons. The van der Waals surface area contributed by atoms with Crippen LogP contribution in [0.15, 0.2) is 48.9 Å². The highest BCUT2D eigenvalue weighted by Crippen LogP contribution is 2.17. The number of aromatic nitrogens is 3. The Labute approximate surface area is 129 Å². The van der Waals surface area contributed by atoms with Gasteiger partial charge in [0.2, 0.25) is 0 Å². The van der Waals surface area contributed by atoms with E-state index >= 15 is 0 Å². The highest BCUT2D eigenvalue weighted by molar-refractivity contribution is 5.99. The molecule has 0 aliphatic heterocycles. The number of rotatable bonds is 4. The van der Waals surface area contributed by atoms with Crippen molar-refractivity contribution in [1.82, 2.24) is 19.9 Å². The molecular weight excluding hydrogens is 276 g/mol. The largest absolute Gasteiger partial charge is 0.345 e. The summed E-state index contributed by atoms with van der Waals surface area (Å²) in [5, 5.41) is 7.26. The van der Waals surface area contributed by atoms with Crippen molar-refractivity contribution in [3.63, 3.8) is 0 Å². The smallest absolute Gasteiger partial charge is 0.257 e. The predicted octanol–water partition coefficient (Wildman–Crippen LogP) is 2.92. The fourth-order valence-corrected chi connectivity index (χ4v) is 2.47. The zero-order valence-electron chi connectivity index (χ0n) is 12.7. The Balaban J connectivity index is 1.86. The van der Waals surface area contributed by atoms with Crippen LogP contribution in [0.2, 0.25) is 0 Å². The highest BCUT2D eigenvalue weighted by atomic mass is 16.1. The zero-order chi connectivity index (χ0) is 15.5. The maximum absolute atomic E-state index is 12.5. The quantitative estimate of drug-likeness (QED) is 0.805. The van der Waals surface area contributed by atoms with Crippen molar-refractivity contribution in [1.29, 1.82) is 0 Å². The number of benzene rings is 1. The summed E-state index contributed by atoms with van der Waals surface area (Å²) in [6, 6.07) is 9.94. The highest BCUT2D eigenvalue weighted by Gasteiger charge is 2.18. The number of nitrogens with zero attached hydrogens (tertiary/aromatic N) is 3. The van der Waals surface area contributed by atoms with Crippen molar-refractivity contribution in [2.24, 2.45) is 0 Å². The van der Waals surface area contributed by atoms with E-state index in [-0.39, 0.29) is 11.9 Å². The van der Waals surface area contributed by atoms with E-state index < -0.39 is 0 Å². The lowest BCUT2D eigenvalue weighted by molar-refractivity contribution is 0.0937. The van der Waals surface area contributed by atoms with Crippen LogP contribution in [0.4, 0.5) is 0 Å². The lowest BCUT2D eigenvalue weighted by Gasteiger charge is -2.16. The molecule has 0 aliphatic carbocycles. The first kappa shape index (κ1) is 14.3. The Bertz CT molecular complexity index is 795. The molecule has 0 aliphatic rings. The van der Waals surface area contributed by atoms with Gasteiger partial charge in [-0.2, -0.15) is 5.10 Å². The molecule has 0 spiro atoms. The van der Waals surface area contributed by atoms with Crippen LogP contribution in [0.25, 0.3) is 5.65 Å². The van der Waals surface area contributed by atoms with E-state index in [0.717, 1.165) is 17.5 Å². The minimum absolute atomic E-state index is 0.0194. The van der Waals surface area contributed by atoms with Crippen LogP contribution in [-0.4, -0.2) is 20.5 Å². The van der Waals surface area contributed by atoms with Gasteiger partial charge in [0, 0.05) is 12.4 Å². The van der Waals surface area contributed by atoms with E-state index in [4.69, 9.17) is 0 Å². The van der Waals surface area contributed by atoms with Gasteiger partial charge in [-0.05, 0) is 24.5 Å². The Morgan fingerprint density at radius 1 is 1.27 bits per heavy atom. The second-order valence-corrected chi connectivity index (χ2v) is 5.30. The predicted molar refractivity (Wildman–Crippen MR) is 84.7 cm³/mol. The lowest BCUT2D eigenvalue weighted by Crippen LogP contribution is -2.28. The summed E-state index contributed by atoms with van der Waals surface area (Å²) in [6.45, 7) is 3.99. The van der Waals surface area contributed by atoms with Gasteiger partial charge in [-0.3, -0.25) is 4.79 Å². The van der Waals surface area contributed by atoms with Gasteiger partial charge in [0.15, 0.2) is 5.65 Å². The number of amides is 1. The van der Waals surface area contributed by atoms with Gasteiger partial charge < -0.3 is 5.32 Å². The zero-order valence-corrected chi connectivity index (χ0v) is 12.7. The number of hydrogen-bond acceptors (Lipinski definition) is 3. The molecule has 3 aromatic rings. The van der Waals surface area contributed by atoms with Crippen LogP contribution >= 0.6 is 0 Å². The van der Waals surface area contributed by atoms with Gasteiger partial charge in [-0.1, -0.05) is 37.3 Å². The van der Waals surface area contributed by atoms with Crippen molar-refractivity contribution >= 4 is 11.6 Å². The molecule has 0 bridgehead atoms. The van der Waals surface area contributed by atoms with Gasteiger partial charge in [0.1, 0.15) is 5.56 Å². The molecule has 3 rings (SSSR count). The second-order valence-electron chi connectivity index (χ2n) is 5.30. The molecule has 22 heavy (non-hydrogen) atoms. The first-order valence-electron chi connectivity index (χ1n) is 7.35. The van der Waals surface area contributed by atoms with Crippen molar-refractivity contribution in [3.05, 3.63) is 65.6 Å². The van der Waals surface area contributed by atoms with Crippen molar-refractivity contribution in [2.75, 3.05) is 0 Å². The summed E-state index contributed by atoms with van der Waals surface area (Å²) < 4.78 is 1.63. The summed E-state index contributed by atoms with van der Waals surface area (Å²) in [4.78, 5) is 16.9. The fourth-order valence-electron chi connectivity index (χ4n) is 2.47. The third-order valence-electron chi connectivity index (χ3n) is 3.65. The van der Waals surface area contributed by atoms with E-state index in [0.29, 0.717) is 11.2 Å². The molecule has 5 nitrogen and oxygen atoms in total. The van der Waals surface area contributed by atoms with Gasteiger partial charge >= 0.3 is 0 Å². The molecule has 2 heterocycles. The van der Waals surface area contributed by atoms with E-state index in [1.165, 1.54) is 0 Å². The Morgan fingerprint density at radius 3 is 2.77 bits per heavy atom. The first-order valence-corrected chi connectivity index (χ1v) is 7.35. The Kier molecular flexibility index (Phi) is 3.87. The molecule has 1 unspecified atom stereocenters. The van der Waals surface area contributed by atoms with Crippen LogP contribution in [0.3, 0.4) is 0 Å². The van der Waals surface area contributed by atoms with E-state index in [1.54, 1.807) is 16.9 Å². The molecule has 1 amide bonds. The van der Waals surface area contributed by atoms with Crippen LogP contribution in [0.1, 0.15) is 40.9 Å². The molecule has 112 valence electrons. The Morgan fingerprint density at radius 2 is 2.05 bits per heavy atom. The first-order chi connectivity index (χ1) is 10.7. The summed E-state index contributed by atoms with van der Waals surface area (Å²) in [5.74, 6) is -0.151. The topological polar surface area (TPSA) is 59.3 Å². The number of hydrogen-bond donors (Lipinski definition) is 1. The van der Waals surface area contributed by atoms with Crippen molar-refractivity contribution in [3.8, 4) is 0 Å². The van der Waals surface area contributed by atoms with Crippen LogP contribution in [-0.2, 0) is 0 Å². The molecule has 2 aromatic heterocycles. The number of aryl methyl sites for hydroxylation is 1. The third-order valence-corrected chi connectivity index (χ3v) is 3.65. The lowest BCUT2D eigenvalue weighted by atomic mass is 10.0. The van der Waals surface area contributed by atoms with Gasteiger partial charge in [-0.25, -0.2) is 9.50 Å². The van der Waals surface area contributed by atoms with Crippen LogP contribution in [0.5, 0.6) is 0 Å². The minimum Gasteiger partial charge on any atom is -0.345 e. The van der Waals surface area contributed by atoms with Crippen LogP contribution < -0.4 is 5.32 Å². The maximum atomic E-state index is 12.5. The monoisotopic (exact) mass is 294 g/mol. The molecular formula is C17H18N4O. The summed E-state index contributed by atoms with van der Waals surface area (Å²) >= 11 is 0. The average Bonchev–Trinajstić information content (AvgIpc) is 2.96. The Hall–Kier alpha value is -2.69. The molecule has 1 atom stereocenters. The van der Waals surface area contributed by atoms with E-state index in [9.17, 15) is 4.79 Å². The summed E-state index contributed by atoms with van der Waals surface area (Å²) in [5.41, 5.74) is 3.16. The molecule has 5 heteroatoms. The van der Waals surface area contributed by atoms with Gasteiger partial charge in [0.25, 0.3) is 5.91 Å². The molecule has 0 fully saturated rings. The average molecular weight is 294 g/mol. The SMILES string of the molecule is CCC(NC(=O)c1cnn2cc(C)cnc12)c1ccccc1. The van der Waals surface area contributed by atoms with Crippen LogP contribution in [0, 0.1) is 6.92 Å². The fraction of sp³-hybridized carbons (Fsp3) is 0.235. The van der Waals surface area contributed by atoms with Gasteiger partial charge in [-0.15, -0.1) is 0 Å². The minimum atomic E-state index is -0.151. The maximum Gasteiger partial charge on any atom is 0.257 e. The van der Waals surface area contributed by atoms with Gasteiger partial charge in [0.05, 0.1) is 12.2 Å². The molecule has 0 saturated carbocycles. The second kappa shape index (κ2) is 5.97. The number of carbonyl (C=O) groups excluding carboxylic acids is 1. The van der Waals surface area contributed by atoms with E-state index in [1.807, 2.05) is 43.5 Å². The molecule has 0 saturated heterocycles. The number of nitrogens with one attached hydrogen (secondary N) is 1. The normalized spacial score (nSPS) is 12.3. The molecule has 1 N–H and O–H groups in total. The number of fused-ring (bicyclic) bond motifs is 1.